The summed E-state index contributed by atoms with van der Waals surface area (Å²) in [6.45, 7) is 2.49. The average Bonchev–Trinajstić information content (AvgIpc) is 2.45. The van der Waals surface area contributed by atoms with E-state index in [0.717, 1.165) is 17.2 Å². The van der Waals surface area contributed by atoms with Crippen LogP contribution in [0.5, 0.6) is 5.75 Å². The predicted octanol–water partition coefficient (Wildman–Crippen LogP) is 3.67. The molecule has 2 aromatic carbocycles. The molecule has 0 aromatic heterocycles. The van der Waals surface area contributed by atoms with Crippen LogP contribution in [0, 0.1) is 6.92 Å². The van der Waals surface area contributed by atoms with Crippen molar-refractivity contribution < 1.29 is 14.6 Å². The summed E-state index contributed by atoms with van der Waals surface area (Å²) in [4.78, 5) is 10.6. The van der Waals surface area contributed by atoms with Crippen LogP contribution >= 0.6 is 0 Å². The second kappa shape index (κ2) is 6.57. The van der Waals surface area contributed by atoms with Crippen LogP contribution in [0.25, 0.3) is 6.08 Å². The van der Waals surface area contributed by atoms with Gasteiger partial charge in [-0.3, -0.25) is 0 Å². The molecule has 0 aliphatic heterocycles. The number of ether oxygens (including phenoxy) is 1. The maximum atomic E-state index is 10.6. The minimum atomic E-state index is -0.974. The van der Waals surface area contributed by atoms with E-state index in [1.807, 2.05) is 55.5 Å². The van der Waals surface area contributed by atoms with E-state index in [4.69, 9.17) is 9.84 Å². The Morgan fingerprint density at radius 2 is 1.85 bits per heavy atom. The summed E-state index contributed by atoms with van der Waals surface area (Å²) in [5.74, 6) is -0.302. The molecule has 20 heavy (non-hydrogen) atoms. The number of carboxylic acid groups (broad SMARTS) is 1. The lowest BCUT2D eigenvalue weighted by Gasteiger charge is -2.09. The SMILES string of the molecule is Cc1ccc(COc2ccccc2/C=C/C(=O)O)cc1. The van der Waals surface area contributed by atoms with Gasteiger partial charge in [-0.05, 0) is 24.6 Å². The summed E-state index contributed by atoms with van der Waals surface area (Å²) < 4.78 is 5.75. The second-order valence-electron chi connectivity index (χ2n) is 4.48. The number of rotatable bonds is 5. The molecule has 0 amide bonds. The van der Waals surface area contributed by atoms with E-state index < -0.39 is 5.97 Å². The standard InChI is InChI=1S/C17H16O3/c1-13-6-8-14(9-7-13)12-20-16-5-3-2-4-15(16)10-11-17(18)19/h2-11H,12H2,1H3,(H,18,19)/b11-10+. The molecule has 2 rings (SSSR count). The highest BCUT2D eigenvalue weighted by atomic mass is 16.5. The third-order valence-electron chi connectivity index (χ3n) is 2.84. The summed E-state index contributed by atoms with van der Waals surface area (Å²) in [6.07, 6.45) is 2.64. The van der Waals surface area contributed by atoms with Crippen molar-refractivity contribution in [3.8, 4) is 5.75 Å². The molecule has 3 heteroatoms. The first kappa shape index (κ1) is 13.9. The van der Waals surface area contributed by atoms with E-state index in [9.17, 15) is 4.79 Å². The molecule has 3 nitrogen and oxygen atoms in total. The molecular formula is C17H16O3. The normalized spacial score (nSPS) is 10.7. The van der Waals surface area contributed by atoms with Crippen LogP contribution in [-0.2, 0) is 11.4 Å². The fraction of sp³-hybridized carbons (Fsp3) is 0.118. The summed E-state index contributed by atoms with van der Waals surface area (Å²) in [7, 11) is 0. The van der Waals surface area contributed by atoms with Gasteiger partial charge < -0.3 is 9.84 Å². The maximum absolute atomic E-state index is 10.6. The smallest absolute Gasteiger partial charge is 0.328 e. The van der Waals surface area contributed by atoms with Gasteiger partial charge >= 0.3 is 5.97 Å². The van der Waals surface area contributed by atoms with Crippen LogP contribution in [0.3, 0.4) is 0 Å². The largest absolute Gasteiger partial charge is 0.488 e. The average molecular weight is 268 g/mol. The van der Waals surface area contributed by atoms with E-state index in [-0.39, 0.29) is 0 Å². The molecule has 0 atom stereocenters. The van der Waals surface area contributed by atoms with Crippen molar-refractivity contribution in [1.29, 1.82) is 0 Å². The van der Waals surface area contributed by atoms with Crippen molar-refractivity contribution in [2.24, 2.45) is 0 Å². The van der Waals surface area contributed by atoms with Gasteiger partial charge in [-0.1, -0.05) is 48.0 Å². The molecule has 0 saturated carbocycles. The molecule has 102 valence electrons. The third-order valence-corrected chi connectivity index (χ3v) is 2.84. The van der Waals surface area contributed by atoms with Crippen LogP contribution in [-0.4, -0.2) is 11.1 Å². The van der Waals surface area contributed by atoms with E-state index in [1.165, 1.54) is 11.6 Å². The van der Waals surface area contributed by atoms with Crippen molar-refractivity contribution in [3.63, 3.8) is 0 Å². The number of benzene rings is 2. The lowest BCUT2D eigenvalue weighted by molar-refractivity contribution is -0.131. The van der Waals surface area contributed by atoms with Crippen LogP contribution in [0.2, 0.25) is 0 Å². The monoisotopic (exact) mass is 268 g/mol. The molecule has 0 fully saturated rings. The minimum Gasteiger partial charge on any atom is -0.488 e. The van der Waals surface area contributed by atoms with Crippen molar-refractivity contribution in [1.82, 2.24) is 0 Å². The van der Waals surface area contributed by atoms with Crippen molar-refractivity contribution >= 4 is 12.0 Å². The maximum Gasteiger partial charge on any atom is 0.328 e. The Balaban J connectivity index is 2.09. The van der Waals surface area contributed by atoms with E-state index in [0.29, 0.717) is 12.4 Å². The minimum absolute atomic E-state index is 0.457. The highest BCUT2D eigenvalue weighted by Crippen LogP contribution is 2.20. The topological polar surface area (TPSA) is 46.5 Å². The molecule has 0 bridgehead atoms. The van der Waals surface area contributed by atoms with Crippen molar-refractivity contribution in [3.05, 3.63) is 71.3 Å². The number of carbonyl (C=O) groups is 1. The lowest BCUT2D eigenvalue weighted by Crippen LogP contribution is -1.97. The van der Waals surface area contributed by atoms with Gasteiger partial charge in [-0.2, -0.15) is 0 Å². The molecule has 1 N–H and O–H groups in total. The first-order valence-corrected chi connectivity index (χ1v) is 6.33. The number of hydrogen-bond acceptors (Lipinski definition) is 2. The number of carboxylic acids is 1. The number of para-hydroxylation sites is 1. The van der Waals surface area contributed by atoms with Gasteiger partial charge in [0.15, 0.2) is 0 Å². The number of hydrogen-bond donors (Lipinski definition) is 1. The van der Waals surface area contributed by atoms with Gasteiger partial charge in [0.2, 0.25) is 0 Å². The van der Waals surface area contributed by atoms with Crippen LogP contribution < -0.4 is 4.74 Å². The number of aliphatic carboxylic acids is 1. The van der Waals surface area contributed by atoms with Gasteiger partial charge in [0.1, 0.15) is 12.4 Å². The number of aryl methyl sites for hydroxylation is 1. The summed E-state index contributed by atoms with van der Waals surface area (Å²) in [6, 6.07) is 15.5. The molecule has 0 aliphatic rings. The zero-order valence-electron chi connectivity index (χ0n) is 11.2. The first-order valence-electron chi connectivity index (χ1n) is 6.33. The van der Waals surface area contributed by atoms with Gasteiger partial charge in [0.05, 0.1) is 0 Å². The summed E-state index contributed by atoms with van der Waals surface area (Å²) >= 11 is 0. The Bertz CT molecular complexity index is 612. The highest BCUT2D eigenvalue weighted by Gasteiger charge is 2.01. The summed E-state index contributed by atoms with van der Waals surface area (Å²) in [5, 5.41) is 8.67. The van der Waals surface area contributed by atoms with Gasteiger partial charge in [-0.25, -0.2) is 4.79 Å². The van der Waals surface area contributed by atoms with E-state index in [1.54, 1.807) is 0 Å². The Labute approximate surface area is 118 Å². The fourth-order valence-electron chi connectivity index (χ4n) is 1.76. The molecule has 0 radical (unpaired) electrons. The highest BCUT2D eigenvalue weighted by molar-refractivity contribution is 5.85. The van der Waals surface area contributed by atoms with Gasteiger partial charge in [0, 0.05) is 11.6 Å². The molecular weight excluding hydrogens is 252 g/mol. The fourth-order valence-corrected chi connectivity index (χ4v) is 1.76. The molecule has 0 heterocycles. The Morgan fingerprint density at radius 3 is 2.55 bits per heavy atom. The second-order valence-corrected chi connectivity index (χ2v) is 4.48. The molecule has 0 aliphatic carbocycles. The first-order chi connectivity index (χ1) is 9.65. The zero-order valence-corrected chi connectivity index (χ0v) is 11.2. The van der Waals surface area contributed by atoms with Crippen molar-refractivity contribution in [2.45, 2.75) is 13.5 Å². The summed E-state index contributed by atoms with van der Waals surface area (Å²) in [5.41, 5.74) is 3.04. The molecule has 0 unspecified atom stereocenters. The van der Waals surface area contributed by atoms with Crippen LogP contribution in [0.4, 0.5) is 0 Å². The zero-order chi connectivity index (χ0) is 14.4. The Morgan fingerprint density at radius 1 is 1.15 bits per heavy atom. The van der Waals surface area contributed by atoms with Crippen LogP contribution in [0.1, 0.15) is 16.7 Å². The van der Waals surface area contributed by atoms with Gasteiger partial charge in [-0.15, -0.1) is 0 Å². The molecule has 0 saturated heterocycles. The lowest BCUT2D eigenvalue weighted by atomic mass is 10.1. The Hall–Kier alpha value is -2.55. The van der Waals surface area contributed by atoms with Gasteiger partial charge in [0.25, 0.3) is 0 Å². The quantitative estimate of drug-likeness (QED) is 0.841. The molecule has 0 spiro atoms. The van der Waals surface area contributed by atoms with Crippen LogP contribution in [0.15, 0.2) is 54.6 Å². The Kier molecular flexibility index (Phi) is 4.56. The third kappa shape index (κ3) is 3.99. The van der Waals surface area contributed by atoms with E-state index >= 15 is 0 Å². The molecule has 2 aromatic rings. The van der Waals surface area contributed by atoms with Crippen molar-refractivity contribution in [2.75, 3.05) is 0 Å². The van der Waals surface area contributed by atoms with E-state index in [2.05, 4.69) is 0 Å². The predicted molar refractivity (Wildman–Crippen MR) is 78.6 cm³/mol.